The van der Waals surface area contributed by atoms with E-state index in [0.717, 1.165) is 20.6 Å². The van der Waals surface area contributed by atoms with E-state index in [0.29, 0.717) is 10.9 Å². The number of hydrogen-bond donors (Lipinski definition) is 2. The molecule has 1 aromatic carbocycles. The van der Waals surface area contributed by atoms with Gasteiger partial charge in [0.1, 0.15) is 5.82 Å². The molecule has 0 atom stereocenters. The molecule has 0 radical (unpaired) electrons. The second-order valence-electron chi connectivity index (χ2n) is 6.07. The zero-order chi connectivity index (χ0) is 18.6. The van der Waals surface area contributed by atoms with E-state index in [2.05, 4.69) is 24.1 Å². The maximum absolute atomic E-state index is 12.5. The molecule has 2 amide bonds. The van der Waals surface area contributed by atoms with Crippen LogP contribution >= 0.6 is 23.1 Å². The smallest absolute Gasteiger partial charge is 0.262 e. The highest BCUT2D eigenvalue weighted by Crippen LogP contribution is 2.33. The molecule has 0 saturated carbocycles. The van der Waals surface area contributed by atoms with Gasteiger partial charge in [-0.25, -0.2) is 4.98 Å². The number of carbonyl (C=O) groups is 2. The first-order valence-electron chi connectivity index (χ1n) is 7.84. The third-order valence-electron chi connectivity index (χ3n) is 3.90. The van der Waals surface area contributed by atoms with Crippen LogP contribution < -0.4 is 16.6 Å². The van der Waals surface area contributed by atoms with Crippen molar-refractivity contribution in [3.05, 3.63) is 45.7 Å². The van der Waals surface area contributed by atoms with E-state index >= 15 is 0 Å². The number of anilines is 1. The Bertz CT molecular complexity index is 1150. The van der Waals surface area contributed by atoms with Gasteiger partial charge in [0.2, 0.25) is 0 Å². The average Bonchev–Trinajstić information content (AvgIpc) is 3.06. The Morgan fingerprint density at radius 1 is 1.19 bits per heavy atom. The van der Waals surface area contributed by atoms with Crippen molar-refractivity contribution in [1.29, 1.82) is 0 Å². The van der Waals surface area contributed by atoms with E-state index in [1.807, 2.05) is 12.1 Å². The maximum atomic E-state index is 12.5. The van der Waals surface area contributed by atoms with Crippen LogP contribution in [0.4, 0.5) is 5.82 Å². The quantitative estimate of drug-likeness (QED) is 0.529. The van der Waals surface area contributed by atoms with Gasteiger partial charge in [-0.3, -0.25) is 24.3 Å². The molecule has 26 heavy (non-hydrogen) atoms. The van der Waals surface area contributed by atoms with Crippen LogP contribution in [0.5, 0.6) is 0 Å². The van der Waals surface area contributed by atoms with Crippen LogP contribution in [0.25, 0.3) is 15.9 Å². The van der Waals surface area contributed by atoms with Gasteiger partial charge in [0, 0.05) is 11.3 Å². The zero-order valence-corrected chi connectivity index (χ0v) is 15.5. The molecule has 3 aromatic rings. The third-order valence-corrected chi connectivity index (χ3v) is 6.02. The van der Waals surface area contributed by atoms with Crippen LogP contribution in [0, 0.1) is 0 Å². The first-order chi connectivity index (χ1) is 12.3. The number of thioether (sulfide) groups is 1. The van der Waals surface area contributed by atoms with E-state index in [-0.39, 0.29) is 16.9 Å². The van der Waals surface area contributed by atoms with E-state index in [4.69, 9.17) is 5.73 Å². The molecule has 3 N–H and O–H groups in total. The van der Waals surface area contributed by atoms with E-state index in [9.17, 15) is 14.4 Å². The van der Waals surface area contributed by atoms with Crippen molar-refractivity contribution in [2.24, 2.45) is 0 Å². The van der Waals surface area contributed by atoms with Gasteiger partial charge >= 0.3 is 0 Å². The number of aromatic nitrogens is 2. The molecule has 0 aliphatic carbocycles. The second kappa shape index (κ2) is 5.96. The highest BCUT2D eigenvalue weighted by Gasteiger charge is 2.31. The van der Waals surface area contributed by atoms with E-state index < -0.39 is 17.4 Å². The van der Waals surface area contributed by atoms with Crippen LogP contribution in [-0.4, -0.2) is 26.6 Å². The Morgan fingerprint density at radius 2 is 1.96 bits per heavy atom. The SMILES string of the molecule is CC(C)Sc1nc2ccc(-n3c(N)c4c(cc3=O)C(=O)NC4=O)cc2s1. The van der Waals surface area contributed by atoms with Crippen LogP contribution in [-0.2, 0) is 0 Å². The summed E-state index contributed by atoms with van der Waals surface area (Å²) in [5.74, 6) is -1.24. The molecule has 0 spiro atoms. The Labute approximate surface area is 156 Å². The summed E-state index contributed by atoms with van der Waals surface area (Å²) in [5.41, 5.74) is 7.02. The van der Waals surface area contributed by atoms with E-state index in [1.165, 1.54) is 15.9 Å². The van der Waals surface area contributed by atoms with Crippen LogP contribution in [0.15, 0.2) is 33.4 Å². The summed E-state index contributed by atoms with van der Waals surface area (Å²) in [5, 5.41) is 2.58. The minimum atomic E-state index is -0.603. The lowest BCUT2D eigenvalue weighted by Gasteiger charge is -2.11. The minimum absolute atomic E-state index is 0.0169. The summed E-state index contributed by atoms with van der Waals surface area (Å²) in [7, 11) is 0. The Morgan fingerprint density at radius 3 is 2.69 bits per heavy atom. The Hall–Kier alpha value is -2.65. The number of benzene rings is 1. The first-order valence-corrected chi connectivity index (χ1v) is 9.53. The molecule has 0 fully saturated rings. The number of pyridine rings is 1. The summed E-state index contributed by atoms with van der Waals surface area (Å²) in [6.45, 7) is 4.19. The van der Waals surface area contributed by atoms with Gasteiger partial charge < -0.3 is 5.73 Å². The van der Waals surface area contributed by atoms with Crippen LogP contribution in [0.1, 0.15) is 34.6 Å². The van der Waals surface area contributed by atoms with Gasteiger partial charge in [-0.15, -0.1) is 11.3 Å². The molecule has 0 saturated heterocycles. The van der Waals surface area contributed by atoms with E-state index in [1.54, 1.807) is 17.8 Å². The molecule has 1 aliphatic rings. The summed E-state index contributed by atoms with van der Waals surface area (Å²) in [6, 6.07) is 6.50. The molecular formula is C17H14N4O3S2. The lowest BCUT2D eigenvalue weighted by atomic mass is 10.1. The summed E-state index contributed by atoms with van der Waals surface area (Å²) in [4.78, 5) is 40.8. The molecule has 9 heteroatoms. The molecular weight excluding hydrogens is 372 g/mol. The molecule has 0 bridgehead atoms. The van der Waals surface area contributed by atoms with Gasteiger partial charge in [0.05, 0.1) is 27.0 Å². The third kappa shape index (κ3) is 2.60. The molecule has 1 aliphatic heterocycles. The maximum Gasteiger partial charge on any atom is 0.262 e. The highest BCUT2D eigenvalue weighted by atomic mass is 32.2. The normalized spacial score (nSPS) is 13.5. The lowest BCUT2D eigenvalue weighted by Crippen LogP contribution is -2.24. The molecule has 3 heterocycles. The predicted octanol–water partition coefficient (Wildman–Crippen LogP) is 2.41. The fourth-order valence-electron chi connectivity index (χ4n) is 2.83. The van der Waals surface area contributed by atoms with Crippen LogP contribution in [0.3, 0.4) is 0 Å². The Kier molecular flexibility index (Phi) is 3.85. The number of nitrogens with zero attached hydrogens (tertiary/aromatic N) is 2. The average molecular weight is 386 g/mol. The van der Waals surface area contributed by atoms with Gasteiger partial charge in [-0.05, 0) is 18.2 Å². The standard InChI is InChI=1S/C17H14N4O3S2/c1-7(2)25-17-19-10-4-3-8(5-11(10)26-17)21-12(22)6-9-13(14(21)18)16(24)20-15(9)23/h3-7H,18H2,1-2H3,(H,20,23,24). The number of carbonyl (C=O) groups excluding carboxylic acids is 2. The largest absolute Gasteiger partial charge is 0.384 e. The topological polar surface area (TPSA) is 107 Å². The molecule has 132 valence electrons. The number of nitrogens with one attached hydrogen (secondary N) is 1. The number of rotatable bonds is 3. The number of fused-ring (bicyclic) bond motifs is 2. The number of nitrogen functional groups attached to an aromatic ring is 1. The molecule has 2 aromatic heterocycles. The van der Waals surface area contributed by atoms with Gasteiger partial charge in [-0.2, -0.15) is 0 Å². The molecule has 0 unspecified atom stereocenters. The van der Waals surface area contributed by atoms with Crippen molar-refractivity contribution in [2.75, 3.05) is 5.73 Å². The zero-order valence-electron chi connectivity index (χ0n) is 13.9. The fourth-order valence-corrected chi connectivity index (χ4v) is 5.15. The predicted molar refractivity (Wildman–Crippen MR) is 102 cm³/mol. The fraction of sp³-hybridized carbons (Fsp3) is 0.176. The second-order valence-corrected chi connectivity index (χ2v) is 8.93. The number of thiazole rings is 1. The number of nitrogens with two attached hydrogens (primary N) is 1. The van der Waals surface area contributed by atoms with Gasteiger partial charge in [0.15, 0.2) is 4.34 Å². The number of hydrogen-bond acceptors (Lipinski definition) is 7. The highest BCUT2D eigenvalue weighted by molar-refractivity contribution is 8.01. The number of amides is 2. The molecule has 4 rings (SSSR count). The lowest BCUT2D eigenvalue weighted by molar-refractivity contribution is 0.0880. The van der Waals surface area contributed by atoms with Crippen LogP contribution in [0.2, 0.25) is 0 Å². The van der Waals surface area contributed by atoms with Crippen molar-refractivity contribution in [3.8, 4) is 5.69 Å². The van der Waals surface area contributed by atoms with Crippen molar-refractivity contribution in [2.45, 2.75) is 23.4 Å². The van der Waals surface area contributed by atoms with Crippen molar-refractivity contribution in [3.63, 3.8) is 0 Å². The van der Waals surface area contributed by atoms with Gasteiger partial charge in [-0.1, -0.05) is 25.6 Å². The molecule has 7 nitrogen and oxygen atoms in total. The number of imide groups is 1. The van der Waals surface area contributed by atoms with Gasteiger partial charge in [0.25, 0.3) is 17.4 Å². The van der Waals surface area contributed by atoms with Crippen molar-refractivity contribution >= 4 is 50.9 Å². The Balaban J connectivity index is 1.88. The van der Waals surface area contributed by atoms with Crippen molar-refractivity contribution < 1.29 is 9.59 Å². The summed E-state index contributed by atoms with van der Waals surface area (Å²) >= 11 is 3.21. The first kappa shape index (κ1) is 16.8. The summed E-state index contributed by atoms with van der Waals surface area (Å²) in [6.07, 6.45) is 0. The van der Waals surface area contributed by atoms with Crippen molar-refractivity contribution in [1.82, 2.24) is 14.9 Å². The monoisotopic (exact) mass is 386 g/mol. The minimum Gasteiger partial charge on any atom is -0.384 e. The summed E-state index contributed by atoms with van der Waals surface area (Å²) < 4.78 is 3.11.